The second-order valence-electron chi connectivity index (χ2n) is 3.79. The van der Waals surface area contributed by atoms with Crippen LogP contribution in [0.15, 0.2) is 24.3 Å². The van der Waals surface area contributed by atoms with Crippen LogP contribution in [0.2, 0.25) is 0 Å². The van der Waals surface area contributed by atoms with Crippen LogP contribution in [-0.4, -0.2) is 33.4 Å². The summed E-state index contributed by atoms with van der Waals surface area (Å²) in [5.41, 5.74) is 1.87. The van der Waals surface area contributed by atoms with Gasteiger partial charge in [-0.1, -0.05) is 0 Å². The minimum absolute atomic E-state index is 0.0197. The largest absolute Gasteiger partial charge is 0.414 e. The zero-order valence-corrected chi connectivity index (χ0v) is 11.0. The molecule has 6 nitrogen and oxygen atoms in total. The van der Waals surface area contributed by atoms with Crippen molar-refractivity contribution in [3.8, 4) is 0 Å². The van der Waals surface area contributed by atoms with E-state index in [0.29, 0.717) is 0 Å². The fourth-order valence-electron chi connectivity index (χ4n) is 1.15. The Labute approximate surface area is 112 Å². The number of benzene rings is 1. The fraction of sp³-hybridized carbons (Fsp3) is 0.300. The van der Waals surface area contributed by atoms with E-state index in [0.717, 1.165) is 6.26 Å². The highest BCUT2D eigenvalue weighted by molar-refractivity contribution is 7.92. The van der Waals surface area contributed by atoms with Crippen LogP contribution in [0.5, 0.6) is 0 Å². The number of halogens is 3. The van der Waals surface area contributed by atoms with Gasteiger partial charge in [0.15, 0.2) is 6.61 Å². The van der Waals surface area contributed by atoms with E-state index in [4.69, 9.17) is 0 Å². The molecular weight excluding hydrogens is 301 g/mol. The number of amides is 1. The molecule has 2 N–H and O–H groups in total. The summed E-state index contributed by atoms with van der Waals surface area (Å²) in [5.74, 6) is -0.875. The van der Waals surface area contributed by atoms with Gasteiger partial charge < -0.3 is 0 Å². The van der Waals surface area contributed by atoms with Crippen molar-refractivity contribution >= 4 is 21.6 Å². The lowest BCUT2D eigenvalue weighted by Gasteiger charge is -2.09. The summed E-state index contributed by atoms with van der Waals surface area (Å²) >= 11 is 0. The molecule has 0 heterocycles. The van der Waals surface area contributed by atoms with Gasteiger partial charge in [-0.25, -0.2) is 13.9 Å². The topological polar surface area (TPSA) is 84.5 Å². The van der Waals surface area contributed by atoms with Gasteiger partial charge in [-0.3, -0.25) is 14.4 Å². The van der Waals surface area contributed by atoms with E-state index in [1.165, 1.54) is 24.3 Å². The number of alkyl halides is 3. The van der Waals surface area contributed by atoms with E-state index in [1.807, 2.05) is 0 Å². The van der Waals surface area contributed by atoms with Crippen LogP contribution in [0, 0.1) is 0 Å². The van der Waals surface area contributed by atoms with Gasteiger partial charge in [0.05, 0.1) is 6.26 Å². The molecule has 20 heavy (non-hydrogen) atoms. The van der Waals surface area contributed by atoms with Crippen LogP contribution in [-0.2, 0) is 14.9 Å². The Kier molecular flexibility index (Phi) is 4.95. The lowest BCUT2D eigenvalue weighted by atomic mass is 10.2. The smallest absolute Gasteiger partial charge is 0.284 e. The van der Waals surface area contributed by atoms with Crippen molar-refractivity contribution in [1.29, 1.82) is 0 Å². The number of hydroxylamine groups is 1. The summed E-state index contributed by atoms with van der Waals surface area (Å²) < 4.78 is 59.4. The molecule has 0 aliphatic carbocycles. The Balaban J connectivity index is 2.58. The third kappa shape index (κ3) is 6.38. The van der Waals surface area contributed by atoms with Crippen molar-refractivity contribution in [1.82, 2.24) is 5.48 Å². The highest BCUT2D eigenvalue weighted by Gasteiger charge is 2.28. The molecule has 0 atom stereocenters. The number of hydrogen-bond acceptors (Lipinski definition) is 4. The molecule has 0 saturated heterocycles. The molecule has 1 aromatic carbocycles. The van der Waals surface area contributed by atoms with Gasteiger partial charge in [0.1, 0.15) is 0 Å². The lowest BCUT2D eigenvalue weighted by molar-refractivity contribution is -0.184. The third-order valence-electron chi connectivity index (χ3n) is 1.85. The molecule has 0 fully saturated rings. The molecule has 0 unspecified atom stereocenters. The number of carbonyl (C=O) groups is 1. The minimum atomic E-state index is -4.55. The van der Waals surface area contributed by atoms with E-state index in [1.54, 1.807) is 5.48 Å². The Hall–Kier alpha value is -1.81. The van der Waals surface area contributed by atoms with Gasteiger partial charge in [0, 0.05) is 11.3 Å². The second-order valence-corrected chi connectivity index (χ2v) is 5.54. The van der Waals surface area contributed by atoms with Gasteiger partial charge in [-0.15, -0.1) is 0 Å². The Morgan fingerprint density at radius 3 is 2.25 bits per heavy atom. The quantitative estimate of drug-likeness (QED) is 0.802. The molecule has 0 bridgehead atoms. The average Bonchev–Trinajstić information content (AvgIpc) is 2.25. The number of anilines is 1. The normalized spacial score (nSPS) is 12.0. The number of carbonyl (C=O) groups excluding carboxylic acids is 1. The average molecular weight is 312 g/mol. The van der Waals surface area contributed by atoms with Crippen molar-refractivity contribution in [3.05, 3.63) is 29.8 Å². The molecule has 1 aromatic rings. The van der Waals surface area contributed by atoms with Crippen molar-refractivity contribution < 1.29 is 31.2 Å². The summed E-state index contributed by atoms with van der Waals surface area (Å²) in [6.07, 6.45) is -3.59. The van der Waals surface area contributed by atoms with E-state index in [2.05, 4.69) is 9.56 Å². The Morgan fingerprint density at radius 2 is 1.80 bits per heavy atom. The van der Waals surface area contributed by atoms with Gasteiger partial charge >= 0.3 is 6.18 Å². The molecule has 10 heteroatoms. The summed E-state index contributed by atoms with van der Waals surface area (Å²) in [5, 5.41) is 0. The first-order valence-corrected chi connectivity index (χ1v) is 7.03. The van der Waals surface area contributed by atoms with Gasteiger partial charge in [0.25, 0.3) is 5.91 Å². The second kappa shape index (κ2) is 6.09. The van der Waals surface area contributed by atoms with Crippen molar-refractivity contribution in [3.63, 3.8) is 0 Å². The molecule has 1 rings (SSSR count). The Morgan fingerprint density at radius 1 is 1.25 bits per heavy atom. The molecular formula is C10H11F3N2O4S. The lowest BCUT2D eigenvalue weighted by Crippen LogP contribution is -2.29. The molecule has 112 valence electrons. The summed E-state index contributed by atoms with van der Waals surface area (Å²) in [4.78, 5) is 15.4. The van der Waals surface area contributed by atoms with Gasteiger partial charge in [-0.2, -0.15) is 13.2 Å². The summed E-state index contributed by atoms with van der Waals surface area (Å²) in [6, 6.07) is 5.05. The van der Waals surface area contributed by atoms with Crippen LogP contribution >= 0.6 is 0 Å². The van der Waals surface area contributed by atoms with Crippen LogP contribution in [0.4, 0.5) is 18.9 Å². The first kappa shape index (κ1) is 16.2. The first-order valence-electron chi connectivity index (χ1n) is 5.13. The standard InChI is InChI=1S/C10H11F3N2O4S/c1-20(17,18)15-8-4-2-7(3-5-8)9(16)14-19-6-10(11,12)13/h2-5,15H,6H2,1H3,(H,14,16). The zero-order valence-electron chi connectivity index (χ0n) is 10.2. The van der Waals surface area contributed by atoms with Crippen LogP contribution in [0.3, 0.4) is 0 Å². The summed E-state index contributed by atoms with van der Waals surface area (Å²) in [6.45, 7) is -1.60. The van der Waals surface area contributed by atoms with Crippen LogP contribution in [0.1, 0.15) is 10.4 Å². The maximum absolute atomic E-state index is 11.8. The first-order chi connectivity index (χ1) is 9.07. The molecule has 0 aromatic heterocycles. The van der Waals surface area contributed by atoms with Crippen LogP contribution < -0.4 is 10.2 Å². The van der Waals surface area contributed by atoms with E-state index < -0.39 is 28.7 Å². The highest BCUT2D eigenvalue weighted by atomic mass is 32.2. The monoisotopic (exact) mass is 312 g/mol. The van der Waals surface area contributed by atoms with Gasteiger partial charge in [0.2, 0.25) is 10.0 Å². The van der Waals surface area contributed by atoms with Gasteiger partial charge in [-0.05, 0) is 24.3 Å². The summed E-state index contributed by atoms with van der Waals surface area (Å²) in [7, 11) is -3.44. The number of nitrogens with one attached hydrogen (secondary N) is 2. The molecule has 0 saturated carbocycles. The SMILES string of the molecule is CS(=O)(=O)Nc1ccc(C(=O)NOCC(F)(F)F)cc1. The van der Waals surface area contributed by atoms with E-state index in [-0.39, 0.29) is 11.3 Å². The molecule has 0 spiro atoms. The van der Waals surface area contributed by atoms with E-state index >= 15 is 0 Å². The maximum Gasteiger partial charge on any atom is 0.414 e. The van der Waals surface area contributed by atoms with Crippen molar-refractivity contribution in [2.75, 3.05) is 17.6 Å². The van der Waals surface area contributed by atoms with Crippen molar-refractivity contribution in [2.45, 2.75) is 6.18 Å². The molecule has 0 aliphatic rings. The predicted octanol–water partition coefficient (Wildman–Crippen LogP) is 1.28. The number of hydrogen-bond donors (Lipinski definition) is 2. The van der Waals surface area contributed by atoms with E-state index in [9.17, 15) is 26.4 Å². The Bertz CT molecular complexity index is 569. The predicted molar refractivity (Wildman–Crippen MR) is 64.4 cm³/mol. The van der Waals surface area contributed by atoms with Crippen LogP contribution in [0.25, 0.3) is 0 Å². The molecule has 1 amide bonds. The third-order valence-corrected chi connectivity index (χ3v) is 2.46. The van der Waals surface area contributed by atoms with Crippen molar-refractivity contribution in [2.24, 2.45) is 0 Å². The maximum atomic E-state index is 11.8. The fourth-order valence-corrected chi connectivity index (χ4v) is 1.71. The molecule has 0 aliphatic heterocycles. The zero-order chi connectivity index (χ0) is 15.4. The molecule has 0 radical (unpaired) electrons. The highest BCUT2D eigenvalue weighted by Crippen LogP contribution is 2.14. The minimum Gasteiger partial charge on any atom is -0.284 e. The number of rotatable bonds is 5. The number of sulfonamides is 1.